The number of hydrogen-bond donors (Lipinski definition) is 1. The summed E-state index contributed by atoms with van der Waals surface area (Å²) in [5, 5.41) is 6.53. The molecule has 0 bridgehead atoms. The quantitative estimate of drug-likeness (QED) is 0.630. The largest absolute Gasteiger partial charge is 0.493 e. The van der Waals surface area contributed by atoms with E-state index in [1.54, 1.807) is 6.20 Å². The number of terminal acetylenes is 1. The number of para-hydroxylation sites is 1. The fourth-order valence-corrected chi connectivity index (χ4v) is 1.76. The van der Waals surface area contributed by atoms with Crippen LogP contribution >= 0.6 is 0 Å². The van der Waals surface area contributed by atoms with Crippen LogP contribution in [0, 0.1) is 12.3 Å². The monoisotopic (exact) mass is 313 g/mol. The Kier molecular flexibility index (Phi) is 5.36. The molecule has 1 N–H and O–H groups in total. The molecule has 1 aromatic carbocycles. The van der Waals surface area contributed by atoms with E-state index in [-0.39, 0.29) is 18.0 Å². The lowest BCUT2D eigenvalue weighted by atomic mass is 10.3. The molecule has 0 aliphatic rings. The van der Waals surface area contributed by atoms with E-state index >= 15 is 0 Å². The van der Waals surface area contributed by atoms with Gasteiger partial charge in [0.05, 0.1) is 25.5 Å². The van der Waals surface area contributed by atoms with Crippen molar-refractivity contribution in [2.75, 3.05) is 20.3 Å². The summed E-state index contributed by atoms with van der Waals surface area (Å²) >= 11 is 0. The Labute approximate surface area is 133 Å². The molecule has 2 aromatic rings. The van der Waals surface area contributed by atoms with E-state index in [0.29, 0.717) is 0 Å². The van der Waals surface area contributed by atoms with Gasteiger partial charge in [0, 0.05) is 0 Å². The summed E-state index contributed by atoms with van der Waals surface area (Å²) in [6.07, 6.45) is 6.58. The fourth-order valence-electron chi connectivity index (χ4n) is 1.76. The Balaban J connectivity index is 2.10. The molecule has 1 heterocycles. The molecule has 7 heteroatoms. The van der Waals surface area contributed by atoms with Gasteiger partial charge >= 0.3 is 5.97 Å². The minimum Gasteiger partial charge on any atom is -0.493 e. The first-order valence-electron chi connectivity index (χ1n) is 6.72. The van der Waals surface area contributed by atoms with E-state index < -0.39 is 18.5 Å². The lowest BCUT2D eigenvalue weighted by Crippen LogP contribution is -2.29. The third-order valence-corrected chi connectivity index (χ3v) is 2.84. The topological polar surface area (TPSA) is 82.5 Å². The van der Waals surface area contributed by atoms with Crippen LogP contribution in [0.2, 0.25) is 0 Å². The minimum atomic E-state index is -0.757. The van der Waals surface area contributed by atoms with Gasteiger partial charge in [-0.25, -0.2) is 9.48 Å². The van der Waals surface area contributed by atoms with Crippen LogP contribution in [0.25, 0.3) is 5.69 Å². The van der Waals surface area contributed by atoms with E-state index in [4.69, 9.17) is 15.9 Å². The summed E-state index contributed by atoms with van der Waals surface area (Å²) in [4.78, 5) is 23.4. The molecule has 0 saturated carbocycles. The standard InChI is InChI=1S/C16H15N3O4/c1-3-9-17-14(20)11-23-16(21)15-13(22-2)10-19(18-15)12-7-5-4-6-8-12/h1,4-8,10H,9,11H2,2H3,(H,17,20). The van der Waals surface area contributed by atoms with Gasteiger partial charge in [-0.1, -0.05) is 24.1 Å². The number of esters is 1. The fraction of sp³-hybridized carbons (Fsp3) is 0.188. The summed E-state index contributed by atoms with van der Waals surface area (Å²) in [6, 6.07) is 9.21. The smallest absolute Gasteiger partial charge is 0.363 e. The maximum Gasteiger partial charge on any atom is 0.363 e. The maximum atomic E-state index is 12.0. The van der Waals surface area contributed by atoms with Gasteiger partial charge in [0.15, 0.2) is 12.4 Å². The normalized spacial score (nSPS) is 9.74. The molecular formula is C16H15N3O4. The van der Waals surface area contributed by atoms with Crippen LogP contribution in [0.5, 0.6) is 5.75 Å². The summed E-state index contributed by atoms with van der Waals surface area (Å²) in [7, 11) is 1.42. The van der Waals surface area contributed by atoms with E-state index in [1.165, 1.54) is 11.8 Å². The number of ether oxygens (including phenoxy) is 2. The number of nitrogens with one attached hydrogen (secondary N) is 1. The average Bonchev–Trinajstić information content (AvgIpc) is 3.03. The highest BCUT2D eigenvalue weighted by molar-refractivity contribution is 5.92. The number of carbonyl (C=O) groups is 2. The van der Waals surface area contributed by atoms with Crippen molar-refractivity contribution < 1.29 is 19.1 Å². The van der Waals surface area contributed by atoms with Crippen molar-refractivity contribution in [2.45, 2.75) is 0 Å². The van der Waals surface area contributed by atoms with Crippen molar-refractivity contribution in [1.82, 2.24) is 15.1 Å². The molecule has 0 radical (unpaired) electrons. The highest BCUT2D eigenvalue weighted by Crippen LogP contribution is 2.20. The van der Waals surface area contributed by atoms with Crippen LogP contribution in [-0.4, -0.2) is 41.9 Å². The number of benzene rings is 1. The second-order valence-electron chi connectivity index (χ2n) is 4.38. The van der Waals surface area contributed by atoms with Crippen molar-refractivity contribution >= 4 is 11.9 Å². The number of methoxy groups -OCH3 is 1. The van der Waals surface area contributed by atoms with Crippen molar-refractivity contribution in [1.29, 1.82) is 0 Å². The Morgan fingerprint density at radius 1 is 1.35 bits per heavy atom. The number of aromatic nitrogens is 2. The lowest BCUT2D eigenvalue weighted by molar-refractivity contribution is -0.123. The first kappa shape index (κ1) is 16.1. The molecule has 0 fully saturated rings. The van der Waals surface area contributed by atoms with Crippen LogP contribution in [0.3, 0.4) is 0 Å². The van der Waals surface area contributed by atoms with Crippen molar-refractivity contribution in [3.63, 3.8) is 0 Å². The van der Waals surface area contributed by atoms with Gasteiger partial charge < -0.3 is 14.8 Å². The van der Waals surface area contributed by atoms with Crippen LogP contribution < -0.4 is 10.1 Å². The summed E-state index contributed by atoms with van der Waals surface area (Å²) in [5.41, 5.74) is 0.748. The minimum absolute atomic E-state index is 0.0129. The number of amides is 1. The zero-order chi connectivity index (χ0) is 16.7. The summed E-state index contributed by atoms with van der Waals surface area (Å²) < 4.78 is 11.5. The number of rotatable bonds is 6. The third kappa shape index (κ3) is 4.11. The highest BCUT2D eigenvalue weighted by atomic mass is 16.5. The Morgan fingerprint density at radius 2 is 2.09 bits per heavy atom. The molecule has 0 atom stereocenters. The second kappa shape index (κ2) is 7.66. The first-order chi connectivity index (χ1) is 11.2. The zero-order valence-corrected chi connectivity index (χ0v) is 12.5. The molecule has 0 unspecified atom stereocenters. The third-order valence-electron chi connectivity index (χ3n) is 2.84. The Bertz CT molecular complexity index is 732. The van der Waals surface area contributed by atoms with Gasteiger partial charge in [-0.3, -0.25) is 4.79 Å². The molecule has 0 aliphatic heterocycles. The van der Waals surface area contributed by atoms with Gasteiger partial charge in [0.25, 0.3) is 5.91 Å². The maximum absolute atomic E-state index is 12.0. The molecule has 1 amide bonds. The van der Waals surface area contributed by atoms with Gasteiger partial charge in [-0.05, 0) is 12.1 Å². The first-order valence-corrected chi connectivity index (χ1v) is 6.72. The lowest BCUT2D eigenvalue weighted by Gasteiger charge is -2.04. The van der Waals surface area contributed by atoms with Gasteiger partial charge in [0.2, 0.25) is 5.69 Å². The summed E-state index contributed by atoms with van der Waals surface area (Å²) in [6.45, 7) is -0.371. The van der Waals surface area contributed by atoms with Crippen LogP contribution in [-0.2, 0) is 9.53 Å². The zero-order valence-electron chi connectivity index (χ0n) is 12.5. The predicted octanol–water partition coefficient (Wildman–Crippen LogP) is 0.787. The molecule has 0 aliphatic carbocycles. The van der Waals surface area contributed by atoms with Crippen molar-refractivity contribution in [2.24, 2.45) is 0 Å². The van der Waals surface area contributed by atoms with Crippen LogP contribution in [0.1, 0.15) is 10.5 Å². The molecule has 0 spiro atoms. The second-order valence-corrected chi connectivity index (χ2v) is 4.38. The molecular weight excluding hydrogens is 298 g/mol. The van der Waals surface area contributed by atoms with Crippen LogP contribution in [0.4, 0.5) is 0 Å². The van der Waals surface area contributed by atoms with Crippen molar-refractivity contribution in [3.8, 4) is 23.8 Å². The number of hydrogen-bond acceptors (Lipinski definition) is 5. The number of carbonyl (C=O) groups excluding carboxylic acids is 2. The highest BCUT2D eigenvalue weighted by Gasteiger charge is 2.20. The SMILES string of the molecule is C#CCNC(=O)COC(=O)c1nn(-c2ccccc2)cc1OC. The van der Waals surface area contributed by atoms with Gasteiger partial charge in [0.1, 0.15) is 0 Å². The molecule has 118 valence electrons. The Morgan fingerprint density at radius 3 is 2.74 bits per heavy atom. The van der Waals surface area contributed by atoms with Crippen molar-refractivity contribution in [3.05, 3.63) is 42.2 Å². The molecule has 7 nitrogen and oxygen atoms in total. The van der Waals surface area contributed by atoms with E-state index in [1.807, 2.05) is 30.3 Å². The Hall–Kier alpha value is -3.27. The van der Waals surface area contributed by atoms with Gasteiger partial charge in [-0.15, -0.1) is 6.42 Å². The molecule has 1 aromatic heterocycles. The molecule has 23 heavy (non-hydrogen) atoms. The molecule has 2 rings (SSSR count). The van der Waals surface area contributed by atoms with Gasteiger partial charge in [-0.2, -0.15) is 5.10 Å². The van der Waals surface area contributed by atoms with E-state index in [9.17, 15) is 9.59 Å². The summed E-state index contributed by atoms with van der Waals surface area (Å²) in [5.74, 6) is 1.26. The van der Waals surface area contributed by atoms with Crippen LogP contribution in [0.15, 0.2) is 36.5 Å². The molecule has 0 saturated heterocycles. The average molecular weight is 313 g/mol. The van der Waals surface area contributed by atoms with E-state index in [2.05, 4.69) is 16.3 Å². The number of nitrogens with zero attached hydrogens (tertiary/aromatic N) is 2. The predicted molar refractivity (Wildman–Crippen MR) is 82.2 cm³/mol. The van der Waals surface area contributed by atoms with E-state index in [0.717, 1.165) is 5.69 Å².